The van der Waals surface area contributed by atoms with Crippen molar-refractivity contribution in [1.29, 1.82) is 0 Å². The fourth-order valence-electron chi connectivity index (χ4n) is 3.39. The van der Waals surface area contributed by atoms with Crippen LogP contribution in [0.5, 0.6) is 5.75 Å². The molecule has 37 heavy (non-hydrogen) atoms. The number of rotatable bonds is 9. The number of halogens is 1. The normalized spacial score (nSPS) is 10.9. The number of benzene rings is 4. The third kappa shape index (κ3) is 6.86. The van der Waals surface area contributed by atoms with E-state index in [2.05, 4.69) is 10.0 Å². The van der Waals surface area contributed by atoms with Gasteiger partial charge >= 0.3 is 5.97 Å². The minimum absolute atomic E-state index is 0.0415. The van der Waals surface area contributed by atoms with E-state index in [4.69, 9.17) is 4.74 Å². The number of sulfonamides is 1. The first-order chi connectivity index (χ1) is 17.7. The van der Waals surface area contributed by atoms with Gasteiger partial charge in [0.05, 0.1) is 21.8 Å². The molecule has 4 rings (SSSR count). The number of anilines is 2. The molecule has 0 aromatic heterocycles. The molecule has 0 bridgehead atoms. The van der Waals surface area contributed by atoms with Gasteiger partial charge in [-0.25, -0.2) is 13.2 Å². The molecule has 0 aliphatic rings. The summed E-state index contributed by atoms with van der Waals surface area (Å²) in [6.45, 7) is 0.344. The van der Waals surface area contributed by atoms with Gasteiger partial charge in [0, 0.05) is 15.2 Å². The van der Waals surface area contributed by atoms with Gasteiger partial charge in [0.1, 0.15) is 12.4 Å². The van der Waals surface area contributed by atoms with Gasteiger partial charge in [-0.3, -0.25) is 9.52 Å². The Hall–Kier alpha value is -3.90. The lowest BCUT2D eigenvalue weighted by molar-refractivity contribution is 0.0698. The fourth-order valence-corrected chi connectivity index (χ4v) is 4.93. The number of nitrogens with one attached hydrogen (secondary N) is 2. The van der Waals surface area contributed by atoms with E-state index in [9.17, 15) is 23.1 Å². The summed E-state index contributed by atoms with van der Waals surface area (Å²) >= 11 is 1.98. The van der Waals surface area contributed by atoms with Crippen molar-refractivity contribution in [3.63, 3.8) is 0 Å². The number of hydrogen-bond donors (Lipinski definition) is 3. The number of carboxylic acids is 1. The lowest BCUT2D eigenvalue weighted by atomic mass is 10.1. The van der Waals surface area contributed by atoms with Crippen LogP contribution in [0.15, 0.2) is 102 Å². The summed E-state index contributed by atoms with van der Waals surface area (Å²) < 4.78 is 34.8. The molecule has 0 saturated carbocycles. The average molecular weight is 628 g/mol. The van der Waals surface area contributed by atoms with Crippen molar-refractivity contribution in [3.05, 3.63) is 117 Å². The highest BCUT2D eigenvalue weighted by atomic mass is 127. The van der Waals surface area contributed by atoms with Gasteiger partial charge in [-0.1, -0.05) is 36.4 Å². The third-order valence-electron chi connectivity index (χ3n) is 5.22. The van der Waals surface area contributed by atoms with Crippen LogP contribution in [0.4, 0.5) is 11.4 Å². The van der Waals surface area contributed by atoms with Crippen LogP contribution in [0.3, 0.4) is 0 Å². The van der Waals surface area contributed by atoms with Gasteiger partial charge in [-0.05, 0) is 82.8 Å². The first-order valence-corrected chi connectivity index (χ1v) is 13.5. The molecule has 0 aliphatic heterocycles. The molecule has 4 aromatic rings. The maximum absolute atomic E-state index is 12.9. The Bertz CT molecular complexity index is 1540. The molecule has 4 aromatic carbocycles. The van der Waals surface area contributed by atoms with Crippen LogP contribution in [-0.4, -0.2) is 25.4 Å². The number of hydrogen-bond acceptors (Lipinski definition) is 5. The first kappa shape index (κ1) is 26.2. The molecule has 1 amide bonds. The van der Waals surface area contributed by atoms with Gasteiger partial charge in [0.15, 0.2) is 0 Å². The van der Waals surface area contributed by atoms with E-state index >= 15 is 0 Å². The quantitative estimate of drug-likeness (QED) is 0.207. The van der Waals surface area contributed by atoms with Crippen LogP contribution in [-0.2, 0) is 16.6 Å². The van der Waals surface area contributed by atoms with Crippen LogP contribution in [0.2, 0.25) is 0 Å². The molecular formula is C27H21IN2O6S. The topological polar surface area (TPSA) is 122 Å². The number of carboxylic acid groups (broad SMARTS) is 1. The van der Waals surface area contributed by atoms with E-state index in [1.54, 1.807) is 30.3 Å². The lowest BCUT2D eigenvalue weighted by Gasteiger charge is -2.12. The van der Waals surface area contributed by atoms with Crippen LogP contribution in [0.25, 0.3) is 0 Å². The maximum atomic E-state index is 12.9. The van der Waals surface area contributed by atoms with Crippen molar-refractivity contribution in [2.45, 2.75) is 11.5 Å². The van der Waals surface area contributed by atoms with E-state index in [-0.39, 0.29) is 21.7 Å². The molecule has 0 atom stereocenters. The van der Waals surface area contributed by atoms with E-state index in [0.29, 0.717) is 21.6 Å². The van der Waals surface area contributed by atoms with Crippen LogP contribution >= 0.6 is 22.6 Å². The molecule has 0 unspecified atom stereocenters. The van der Waals surface area contributed by atoms with Crippen LogP contribution < -0.4 is 14.8 Å². The Morgan fingerprint density at radius 2 is 1.59 bits per heavy atom. The Labute approximate surface area is 227 Å². The van der Waals surface area contributed by atoms with Gasteiger partial charge in [0.2, 0.25) is 0 Å². The maximum Gasteiger partial charge on any atom is 0.337 e. The Morgan fingerprint density at radius 1 is 0.865 bits per heavy atom. The predicted molar refractivity (Wildman–Crippen MR) is 149 cm³/mol. The number of ether oxygens (including phenoxy) is 1. The van der Waals surface area contributed by atoms with Crippen LogP contribution in [0, 0.1) is 3.57 Å². The summed E-state index contributed by atoms with van der Waals surface area (Å²) in [6, 6.07) is 26.2. The number of aromatic carboxylic acids is 1. The van der Waals surface area contributed by atoms with Crippen molar-refractivity contribution in [2.24, 2.45) is 0 Å². The molecule has 0 saturated heterocycles. The summed E-state index contributed by atoms with van der Waals surface area (Å²) in [4.78, 5) is 24.1. The summed E-state index contributed by atoms with van der Waals surface area (Å²) in [6.07, 6.45) is 0. The highest BCUT2D eigenvalue weighted by Gasteiger charge is 2.17. The van der Waals surface area contributed by atoms with Crippen LogP contribution in [0.1, 0.15) is 26.3 Å². The van der Waals surface area contributed by atoms with E-state index in [0.717, 1.165) is 5.56 Å². The highest BCUT2D eigenvalue weighted by Crippen LogP contribution is 2.23. The second-order valence-electron chi connectivity index (χ2n) is 7.88. The van der Waals surface area contributed by atoms with Crippen molar-refractivity contribution < 1.29 is 27.9 Å². The first-order valence-electron chi connectivity index (χ1n) is 11.0. The Balaban J connectivity index is 1.43. The number of amides is 1. The molecule has 3 N–H and O–H groups in total. The molecule has 0 aliphatic carbocycles. The van der Waals surface area contributed by atoms with Crippen molar-refractivity contribution in [1.82, 2.24) is 0 Å². The average Bonchev–Trinajstić information content (AvgIpc) is 2.89. The summed E-state index contributed by atoms with van der Waals surface area (Å²) in [5.74, 6) is -1.23. The highest BCUT2D eigenvalue weighted by molar-refractivity contribution is 14.1. The van der Waals surface area contributed by atoms with Gasteiger partial charge in [0.25, 0.3) is 15.9 Å². The second-order valence-corrected chi connectivity index (χ2v) is 10.8. The van der Waals surface area contributed by atoms with E-state index in [1.807, 2.05) is 52.9 Å². The summed E-state index contributed by atoms with van der Waals surface area (Å²) in [5.41, 5.74) is 1.58. The molecule has 188 valence electrons. The Kier molecular flexibility index (Phi) is 8.09. The standard InChI is InChI=1S/C27H21IN2O6S/c28-20-11-14-25(24(15-20)27(32)33)29-26(31)19-9-12-23(13-10-19)37(34,35)30-21-7-4-8-22(16-21)36-17-18-5-2-1-3-6-18/h1-16,30H,17H2,(H,29,31)(H,32,33). The third-order valence-corrected chi connectivity index (χ3v) is 7.29. The second kappa shape index (κ2) is 11.4. The molecule has 0 spiro atoms. The van der Waals surface area contributed by atoms with Crippen molar-refractivity contribution >= 4 is 55.9 Å². The number of carbonyl (C=O) groups is 2. The Morgan fingerprint density at radius 3 is 2.30 bits per heavy atom. The summed E-state index contributed by atoms with van der Waals surface area (Å²) in [7, 11) is -3.94. The molecular weight excluding hydrogens is 607 g/mol. The minimum atomic E-state index is -3.94. The van der Waals surface area contributed by atoms with Gasteiger partial charge in [-0.15, -0.1) is 0 Å². The fraction of sp³-hybridized carbons (Fsp3) is 0.0370. The molecule has 0 heterocycles. The molecule has 0 radical (unpaired) electrons. The number of carbonyl (C=O) groups excluding carboxylic acids is 1. The van der Waals surface area contributed by atoms with Gasteiger partial charge < -0.3 is 15.2 Å². The zero-order valence-electron chi connectivity index (χ0n) is 19.2. The predicted octanol–water partition coefficient (Wildman–Crippen LogP) is 5.62. The SMILES string of the molecule is O=C(Nc1ccc(I)cc1C(=O)O)c1ccc(S(=O)(=O)Nc2cccc(OCc3ccccc3)c2)cc1. The monoisotopic (exact) mass is 628 g/mol. The van der Waals surface area contributed by atoms with Crippen molar-refractivity contribution in [3.8, 4) is 5.75 Å². The summed E-state index contributed by atoms with van der Waals surface area (Å²) in [5, 5.41) is 11.9. The van der Waals surface area contributed by atoms with E-state index < -0.39 is 21.9 Å². The van der Waals surface area contributed by atoms with E-state index in [1.165, 1.54) is 36.4 Å². The minimum Gasteiger partial charge on any atom is -0.489 e. The zero-order chi connectivity index (χ0) is 26.4. The molecule has 0 fully saturated rings. The molecule has 10 heteroatoms. The zero-order valence-corrected chi connectivity index (χ0v) is 22.2. The molecule has 8 nitrogen and oxygen atoms in total. The van der Waals surface area contributed by atoms with Crippen molar-refractivity contribution in [2.75, 3.05) is 10.0 Å². The van der Waals surface area contributed by atoms with Gasteiger partial charge in [-0.2, -0.15) is 0 Å². The largest absolute Gasteiger partial charge is 0.489 e. The lowest BCUT2D eigenvalue weighted by Crippen LogP contribution is -2.16. The smallest absolute Gasteiger partial charge is 0.337 e.